The van der Waals surface area contributed by atoms with Crippen LogP contribution in [0.1, 0.15) is 6.92 Å². The molecule has 2 unspecified atom stereocenters. The number of hydrogen-bond donors (Lipinski definition) is 2. The van der Waals surface area contributed by atoms with Gasteiger partial charge < -0.3 is 9.84 Å². The number of esters is 1. The van der Waals surface area contributed by atoms with Gasteiger partial charge in [-0.3, -0.25) is 4.55 Å². The molecule has 0 aliphatic carbocycles. The van der Waals surface area contributed by atoms with Gasteiger partial charge in [0.1, 0.15) is 6.10 Å². The van der Waals surface area contributed by atoms with Gasteiger partial charge in [0, 0.05) is 6.08 Å². The predicted octanol–water partition coefficient (Wildman–Crippen LogP) is -1.34. The molecule has 0 radical (unpaired) electrons. The van der Waals surface area contributed by atoms with E-state index in [-0.39, 0.29) is 29.6 Å². The summed E-state index contributed by atoms with van der Waals surface area (Å²) in [6.45, 7) is 4.09. The molecular weight excluding hydrogens is 223 g/mol. The van der Waals surface area contributed by atoms with Crippen molar-refractivity contribution in [3.8, 4) is 0 Å². The van der Waals surface area contributed by atoms with Gasteiger partial charge in [0.05, 0.1) is 0 Å². The van der Waals surface area contributed by atoms with E-state index in [1.54, 1.807) is 0 Å². The Morgan fingerprint density at radius 1 is 1.57 bits per heavy atom. The van der Waals surface area contributed by atoms with E-state index in [1.165, 1.54) is 0 Å². The van der Waals surface area contributed by atoms with Crippen molar-refractivity contribution in [2.24, 2.45) is 0 Å². The summed E-state index contributed by atoms with van der Waals surface area (Å²) in [5.41, 5.74) is -1.97. The molecule has 0 bridgehead atoms. The van der Waals surface area contributed by atoms with E-state index in [2.05, 4.69) is 11.3 Å². The summed E-state index contributed by atoms with van der Waals surface area (Å²) >= 11 is 0. The van der Waals surface area contributed by atoms with Crippen LogP contribution in [0.15, 0.2) is 12.7 Å². The Balaban J connectivity index is 0. The number of hydrogen-bond acceptors (Lipinski definition) is 5. The normalized spacial score (nSPS) is 14.8. The molecular formula is C6H11NaO6S. The van der Waals surface area contributed by atoms with Crippen molar-refractivity contribution in [1.29, 1.82) is 0 Å². The molecule has 2 atom stereocenters. The van der Waals surface area contributed by atoms with Crippen LogP contribution in [-0.2, 0) is 19.6 Å². The Morgan fingerprint density at radius 2 is 2.00 bits per heavy atom. The van der Waals surface area contributed by atoms with Crippen LogP contribution < -0.4 is 0 Å². The fraction of sp³-hybridized carbons (Fsp3) is 0.500. The number of carbonyl (C=O) groups excluding carboxylic acids is 1. The quantitative estimate of drug-likeness (QED) is 0.270. The van der Waals surface area contributed by atoms with E-state index in [1.807, 2.05) is 0 Å². The Bertz CT molecular complexity index is 295. The second-order valence-electron chi connectivity index (χ2n) is 2.26. The first kappa shape index (κ1) is 16.5. The van der Waals surface area contributed by atoms with Crippen LogP contribution in [0.2, 0.25) is 0 Å². The van der Waals surface area contributed by atoms with Crippen molar-refractivity contribution in [1.82, 2.24) is 0 Å². The molecule has 0 rings (SSSR count). The summed E-state index contributed by atoms with van der Waals surface area (Å²) in [6, 6.07) is 0. The molecule has 0 fully saturated rings. The second kappa shape index (κ2) is 6.54. The van der Waals surface area contributed by atoms with Crippen molar-refractivity contribution in [3.05, 3.63) is 12.7 Å². The Kier molecular flexibility index (Phi) is 7.71. The number of rotatable bonds is 4. The zero-order valence-electron chi connectivity index (χ0n) is 6.87. The molecule has 78 valence electrons. The summed E-state index contributed by atoms with van der Waals surface area (Å²) < 4.78 is 33.7. The molecule has 0 aromatic carbocycles. The molecule has 0 heterocycles. The summed E-state index contributed by atoms with van der Waals surface area (Å²) in [7, 11) is -4.61. The molecule has 0 aliphatic rings. The van der Waals surface area contributed by atoms with Crippen LogP contribution in [0.25, 0.3) is 0 Å². The summed E-state index contributed by atoms with van der Waals surface area (Å²) in [6.07, 6.45) is -0.792. The van der Waals surface area contributed by atoms with Gasteiger partial charge in [0.2, 0.25) is 0 Å². The Labute approximate surface area is 104 Å². The van der Waals surface area contributed by atoms with E-state index in [9.17, 15) is 13.2 Å². The van der Waals surface area contributed by atoms with Gasteiger partial charge >= 0.3 is 45.6 Å². The first-order valence-corrected chi connectivity index (χ1v) is 4.76. The fourth-order valence-electron chi connectivity index (χ4n) is 0.571. The summed E-state index contributed by atoms with van der Waals surface area (Å²) in [5.74, 6) is -1.04. The van der Waals surface area contributed by atoms with Gasteiger partial charge in [-0.1, -0.05) is 6.58 Å². The van der Waals surface area contributed by atoms with Crippen LogP contribution >= 0.6 is 0 Å². The molecule has 0 aliphatic heterocycles. The Morgan fingerprint density at radius 3 is 2.21 bits per heavy atom. The van der Waals surface area contributed by atoms with E-state index in [0.717, 1.165) is 13.0 Å². The number of aliphatic hydroxyl groups is 1. The van der Waals surface area contributed by atoms with Crippen molar-refractivity contribution >= 4 is 45.6 Å². The van der Waals surface area contributed by atoms with Crippen molar-refractivity contribution in [2.75, 3.05) is 0 Å². The minimum absolute atomic E-state index is 0. The SMILES string of the molecule is C=CC(=O)OC(C(C)O)S(=O)(=O)O.[NaH]. The zero-order chi connectivity index (χ0) is 10.6. The molecule has 0 aromatic heterocycles. The van der Waals surface area contributed by atoms with E-state index in [0.29, 0.717) is 0 Å². The maximum atomic E-state index is 10.5. The van der Waals surface area contributed by atoms with E-state index >= 15 is 0 Å². The standard InChI is InChI=1S/C6H10O6S.Na.H/c1-3-5(8)12-6(4(2)7)13(9,10)11;;/h3-4,6-7H,1H2,2H3,(H,9,10,11);;. The number of carbonyl (C=O) groups is 1. The zero-order valence-corrected chi connectivity index (χ0v) is 7.69. The maximum absolute atomic E-state index is 10.5. The average molecular weight is 234 g/mol. The van der Waals surface area contributed by atoms with Gasteiger partial charge in [-0.25, -0.2) is 4.79 Å². The van der Waals surface area contributed by atoms with Crippen LogP contribution in [0.5, 0.6) is 0 Å². The predicted molar refractivity (Wildman–Crippen MR) is 50.5 cm³/mol. The van der Waals surface area contributed by atoms with Crippen molar-refractivity contribution in [3.63, 3.8) is 0 Å². The fourth-order valence-corrected chi connectivity index (χ4v) is 1.28. The molecule has 0 saturated heterocycles. The van der Waals surface area contributed by atoms with Crippen molar-refractivity contribution in [2.45, 2.75) is 18.5 Å². The van der Waals surface area contributed by atoms with E-state index < -0.39 is 27.6 Å². The van der Waals surface area contributed by atoms with Gasteiger partial charge in [0.15, 0.2) is 0 Å². The van der Waals surface area contributed by atoms with Crippen LogP contribution in [-0.4, -0.2) is 65.1 Å². The van der Waals surface area contributed by atoms with Crippen molar-refractivity contribution < 1.29 is 27.6 Å². The van der Waals surface area contributed by atoms with Crippen LogP contribution in [0, 0.1) is 0 Å². The molecule has 6 nitrogen and oxygen atoms in total. The topological polar surface area (TPSA) is 101 Å². The summed E-state index contributed by atoms with van der Waals surface area (Å²) in [4.78, 5) is 10.5. The molecule has 0 aromatic rings. The minimum atomic E-state index is -4.61. The third-order valence-corrected chi connectivity index (χ3v) is 2.16. The second-order valence-corrected chi connectivity index (χ2v) is 3.76. The molecule has 2 N–H and O–H groups in total. The third kappa shape index (κ3) is 5.74. The Hall–Kier alpha value is 0.0800. The first-order valence-electron chi connectivity index (χ1n) is 3.26. The van der Waals surface area contributed by atoms with E-state index in [4.69, 9.17) is 9.66 Å². The van der Waals surface area contributed by atoms with Gasteiger partial charge in [-0.05, 0) is 6.92 Å². The number of aliphatic hydroxyl groups excluding tert-OH is 1. The van der Waals surface area contributed by atoms with Gasteiger partial charge in [-0.15, -0.1) is 0 Å². The van der Waals surface area contributed by atoms with Gasteiger partial charge in [0.25, 0.3) is 5.44 Å². The van der Waals surface area contributed by atoms with Crippen LogP contribution in [0.4, 0.5) is 0 Å². The van der Waals surface area contributed by atoms with Crippen LogP contribution in [0.3, 0.4) is 0 Å². The molecule has 0 amide bonds. The monoisotopic (exact) mass is 234 g/mol. The average Bonchev–Trinajstić information content (AvgIpc) is 1.96. The molecule has 0 saturated carbocycles. The number of ether oxygens (including phenoxy) is 1. The third-order valence-electron chi connectivity index (χ3n) is 1.09. The first-order chi connectivity index (χ1) is 5.79. The molecule has 8 heteroatoms. The summed E-state index contributed by atoms with van der Waals surface area (Å²) in [5, 5.41) is 8.84. The molecule has 0 spiro atoms. The molecule has 14 heavy (non-hydrogen) atoms. The van der Waals surface area contributed by atoms with Gasteiger partial charge in [-0.2, -0.15) is 8.42 Å².